The quantitative estimate of drug-likeness (QED) is 0.698. The molecule has 1 spiro atoms. The summed E-state index contributed by atoms with van der Waals surface area (Å²) in [6.45, 7) is 3.27. The molecule has 0 bridgehead atoms. The lowest BCUT2D eigenvalue weighted by atomic mass is 9.82. The van der Waals surface area contributed by atoms with Crippen molar-refractivity contribution in [2.75, 3.05) is 24.5 Å². The summed E-state index contributed by atoms with van der Waals surface area (Å²) >= 11 is 5.97. The summed E-state index contributed by atoms with van der Waals surface area (Å²) in [7, 11) is 0. The van der Waals surface area contributed by atoms with E-state index in [-0.39, 0.29) is 31.4 Å². The second-order valence-electron chi connectivity index (χ2n) is 7.74. The molecule has 2 fully saturated rings. The van der Waals surface area contributed by atoms with Crippen LogP contribution in [0, 0.1) is 12.7 Å². The largest absolute Gasteiger partial charge is 0.339 e. The number of hydrogen-bond acceptors (Lipinski definition) is 4. The summed E-state index contributed by atoms with van der Waals surface area (Å²) in [5.41, 5.74) is 0.141. The molecule has 0 aliphatic carbocycles. The smallest absolute Gasteiger partial charge is 0.258 e. The van der Waals surface area contributed by atoms with Gasteiger partial charge in [0, 0.05) is 11.2 Å². The number of aryl methyl sites for hydroxylation is 1. The maximum atomic E-state index is 14.6. The average molecular weight is 431 g/mol. The number of anilines is 1. The topological polar surface area (TPSA) is 73.8 Å². The fourth-order valence-electron chi connectivity index (χ4n) is 4.24. The second-order valence-corrected chi connectivity index (χ2v) is 8.18. The standard InChI is InChI=1S/C21H20ClFN4O3/c1-13-7-17(23)19(24-8-13)26-9-18(29)27(14(2)15-3-5-16(22)6-4-15)21(20(26)30)10-25(11-21)12-28/h3-8,12,14H,9-11H2,1-2H3/t14-/m0/s1. The summed E-state index contributed by atoms with van der Waals surface area (Å²) in [5.74, 6) is -1.64. The van der Waals surface area contributed by atoms with E-state index in [4.69, 9.17) is 11.6 Å². The summed E-state index contributed by atoms with van der Waals surface area (Å²) in [6.07, 6.45) is 2.09. The van der Waals surface area contributed by atoms with Crippen LogP contribution >= 0.6 is 11.6 Å². The van der Waals surface area contributed by atoms with Crippen molar-refractivity contribution in [1.82, 2.24) is 14.8 Å². The van der Waals surface area contributed by atoms with Crippen molar-refractivity contribution in [3.8, 4) is 0 Å². The van der Waals surface area contributed by atoms with Crippen LogP contribution in [0.4, 0.5) is 10.2 Å². The van der Waals surface area contributed by atoms with Crippen LogP contribution in [-0.2, 0) is 14.4 Å². The van der Waals surface area contributed by atoms with Crippen LogP contribution in [0.5, 0.6) is 0 Å². The van der Waals surface area contributed by atoms with Gasteiger partial charge in [0.1, 0.15) is 6.54 Å². The van der Waals surface area contributed by atoms with Gasteiger partial charge < -0.3 is 9.80 Å². The number of amides is 3. The molecule has 3 heterocycles. The lowest BCUT2D eigenvalue weighted by Gasteiger charge is -2.58. The SMILES string of the molecule is Cc1cnc(N2CC(=O)N([C@@H](C)c3ccc(Cl)cc3)C3(CN(C=O)C3)C2=O)c(F)c1. The van der Waals surface area contributed by atoms with E-state index in [0.717, 1.165) is 10.5 Å². The minimum atomic E-state index is -1.27. The highest BCUT2D eigenvalue weighted by molar-refractivity contribution is 6.30. The van der Waals surface area contributed by atoms with Gasteiger partial charge in [-0.2, -0.15) is 0 Å². The number of carbonyl (C=O) groups excluding carboxylic acids is 3. The molecule has 2 aliphatic rings. The monoisotopic (exact) mass is 430 g/mol. The van der Waals surface area contributed by atoms with Crippen molar-refractivity contribution in [3.63, 3.8) is 0 Å². The molecule has 156 valence electrons. The van der Waals surface area contributed by atoms with Crippen molar-refractivity contribution < 1.29 is 18.8 Å². The second kappa shape index (κ2) is 7.36. The molecule has 3 amide bonds. The number of halogens is 2. The molecule has 1 aromatic carbocycles. The fraction of sp³-hybridized carbons (Fsp3) is 0.333. The Labute approximate surface area is 178 Å². The first kappa shape index (κ1) is 20.3. The molecule has 1 aromatic heterocycles. The molecule has 30 heavy (non-hydrogen) atoms. The Balaban J connectivity index is 1.74. The van der Waals surface area contributed by atoms with Crippen molar-refractivity contribution in [1.29, 1.82) is 0 Å². The zero-order chi connectivity index (χ0) is 21.6. The summed E-state index contributed by atoms with van der Waals surface area (Å²) < 4.78 is 14.6. The number of benzene rings is 1. The van der Waals surface area contributed by atoms with Crippen molar-refractivity contribution in [3.05, 3.63) is 58.5 Å². The van der Waals surface area contributed by atoms with E-state index in [0.29, 0.717) is 17.0 Å². The molecule has 1 atom stereocenters. The van der Waals surface area contributed by atoms with Crippen molar-refractivity contribution in [2.45, 2.75) is 25.4 Å². The lowest BCUT2D eigenvalue weighted by molar-refractivity contribution is -0.169. The van der Waals surface area contributed by atoms with Gasteiger partial charge in [-0.1, -0.05) is 23.7 Å². The van der Waals surface area contributed by atoms with Gasteiger partial charge >= 0.3 is 0 Å². The Morgan fingerprint density at radius 2 is 1.90 bits per heavy atom. The highest BCUT2D eigenvalue weighted by atomic mass is 35.5. The van der Waals surface area contributed by atoms with Crippen molar-refractivity contribution >= 4 is 35.6 Å². The third kappa shape index (κ3) is 3.11. The molecule has 4 rings (SSSR count). The molecular weight excluding hydrogens is 411 g/mol. The molecule has 0 saturated carbocycles. The number of hydrogen-bond donors (Lipinski definition) is 0. The third-order valence-corrected chi connectivity index (χ3v) is 5.95. The molecule has 7 nitrogen and oxygen atoms in total. The predicted octanol–water partition coefficient (Wildman–Crippen LogP) is 2.33. The van der Waals surface area contributed by atoms with Crippen LogP contribution in [0.3, 0.4) is 0 Å². The number of aromatic nitrogens is 1. The number of pyridine rings is 1. The van der Waals surface area contributed by atoms with E-state index in [1.807, 2.05) is 6.92 Å². The first-order valence-corrected chi connectivity index (χ1v) is 9.86. The van der Waals surface area contributed by atoms with E-state index >= 15 is 0 Å². The van der Waals surface area contributed by atoms with Crippen LogP contribution in [-0.4, -0.2) is 58.2 Å². The Kier molecular flexibility index (Phi) is 4.97. The minimum absolute atomic E-state index is 0.0446. The molecular formula is C21H20ClFN4O3. The Morgan fingerprint density at radius 1 is 1.23 bits per heavy atom. The van der Waals surface area contributed by atoms with E-state index in [1.165, 1.54) is 22.1 Å². The number of rotatable bonds is 4. The van der Waals surface area contributed by atoms with Gasteiger partial charge in [-0.15, -0.1) is 0 Å². The Bertz CT molecular complexity index is 1020. The van der Waals surface area contributed by atoms with Gasteiger partial charge in [0.25, 0.3) is 5.91 Å². The molecule has 0 unspecified atom stereocenters. The number of likely N-dealkylation sites (tertiary alicyclic amines) is 1. The lowest BCUT2D eigenvalue weighted by Crippen LogP contribution is -2.80. The third-order valence-electron chi connectivity index (χ3n) is 5.70. The van der Waals surface area contributed by atoms with E-state index < -0.39 is 23.3 Å². The average Bonchev–Trinajstić information content (AvgIpc) is 2.68. The van der Waals surface area contributed by atoms with Crippen LogP contribution in [0.1, 0.15) is 24.1 Å². The highest BCUT2D eigenvalue weighted by Gasteiger charge is 2.61. The maximum Gasteiger partial charge on any atom is 0.258 e. The predicted molar refractivity (Wildman–Crippen MR) is 108 cm³/mol. The number of piperazine rings is 1. The maximum absolute atomic E-state index is 14.6. The summed E-state index contributed by atoms with van der Waals surface area (Å²) in [4.78, 5) is 46.1. The van der Waals surface area contributed by atoms with Crippen molar-refractivity contribution in [2.24, 2.45) is 0 Å². The molecule has 2 aromatic rings. The minimum Gasteiger partial charge on any atom is -0.339 e. The molecule has 0 N–H and O–H groups in total. The Hall–Kier alpha value is -3.00. The van der Waals surface area contributed by atoms with Gasteiger partial charge in [0.2, 0.25) is 12.3 Å². The zero-order valence-corrected chi connectivity index (χ0v) is 17.3. The highest BCUT2D eigenvalue weighted by Crippen LogP contribution is 2.40. The van der Waals surface area contributed by atoms with E-state index in [2.05, 4.69) is 4.98 Å². The number of nitrogens with zero attached hydrogens (tertiary/aromatic N) is 4. The van der Waals surface area contributed by atoms with Gasteiger partial charge in [-0.05, 0) is 43.2 Å². The summed E-state index contributed by atoms with van der Waals surface area (Å²) in [6, 6.07) is 7.85. The van der Waals surface area contributed by atoms with Gasteiger partial charge in [-0.25, -0.2) is 9.37 Å². The van der Waals surface area contributed by atoms with Crippen LogP contribution in [0.25, 0.3) is 0 Å². The Morgan fingerprint density at radius 3 is 2.50 bits per heavy atom. The molecule has 2 aliphatic heterocycles. The normalized spacial score (nSPS) is 19.1. The van der Waals surface area contributed by atoms with E-state index in [1.54, 1.807) is 31.2 Å². The number of carbonyl (C=O) groups is 3. The first-order chi connectivity index (χ1) is 14.3. The first-order valence-electron chi connectivity index (χ1n) is 9.48. The zero-order valence-electron chi connectivity index (χ0n) is 16.5. The van der Waals surface area contributed by atoms with E-state index in [9.17, 15) is 18.8 Å². The van der Waals surface area contributed by atoms with Crippen LogP contribution in [0.15, 0.2) is 36.5 Å². The van der Waals surface area contributed by atoms with Gasteiger partial charge in [0.15, 0.2) is 17.2 Å². The fourth-order valence-corrected chi connectivity index (χ4v) is 4.36. The molecule has 2 saturated heterocycles. The molecule has 0 radical (unpaired) electrons. The van der Waals surface area contributed by atoms with Crippen LogP contribution < -0.4 is 4.90 Å². The van der Waals surface area contributed by atoms with Gasteiger partial charge in [0.05, 0.1) is 19.1 Å². The van der Waals surface area contributed by atoms with Gasteiger partial charge in [-0.3, -0.25) is 19.3 Å². The summed E-state index contributed by atoms with van der Waals surface area (Å²) in [5, 5.41) is 0.560. The molecule has 9 heteroatoms. The van der Waals surface area contributed by atoms with Crippen LogP contribution in [0.2, 0.25) is 5.02 Å².